The lowest BCUT2D eigenvalue weighted by Gasteiger charge is -2.15. The van der Waals surface area contributed by atoms with Crippen molar-refractivity contribution in [1.82, 2.24) is 10.3 Å². The fourth-order valence-corrected chi connectivity index (χ4v) is 4.07. The minimum Gasteiger partial charge on any atom is -0.481 e. The Kier molecular flexibility index (Phi) is 6.51. The van der Waals surface area contributed by atoms with Gasteiger partial charge in [0.05, 0.1) is 18.7 Å². The fraction of sp³-hybridized carbons (Fsp3) is 0.188. The van der Waals surface area contributed by atoms with Gasteiger partial charge in [-0.05, 0) is 42.6 Å². The highest BCUT2D eigenvalue weighted by Crippen LogP contribution is 2.22. The smallest absolute Gasteiger partial charge is 0.349 e. The van der Waals surface area contributed by atoms with Crippen molar-refractivity contribution in [2.75, 3.05) is 7.11 Å². The lowest BCUT2D eigenvalue weighted by molar-refractivity contribution is -0.127. The quantitative estimate of drug-likeness (QED) is 0.518. The predicted molar refractivity (Wildman–Crippen MR) is 95.4 cm³/mol. The number of esters is 1. The molecule has 2 rings (SSSR count). The van der Waals surface area contributed by atoms with Crippen molar-refractivity contribution >= 4 is 33.2 Å². The molecule has 9 nitrogen and oxygen atoms in total. The van der Waals surface area contributed by atoms with Gasteiger partial charge < -0.3 is 9.47 Å². The second kappa shape index (κ2) is 8.63. The van der Waals surface area contributed by atoms with E-state index < -0.39 is 28.0 Å². The zero-order valence-corrected chi connectivity index (χ0v) is 15.9. The van der Waals surface area contributed by atoms with Crippen LogP contribution in [0.1, 0.15) is 22.2 Å². The molecule has 2 N–H and O–H groups in total. The third kappa shape index (κ3) is 5.04. The van der Waals surface area contributed by atoms with Crippen LogP contribution < -0.4 is 15.0 Å². The first-order valence-corrected chi connectivity index (χ1v) is 9.79. The molecule has 1 aromatic heterocycles. The van der Waals surface area contributed by atoms with Gasteiger partial charge in [-0.3, -0.25) is 10.2 Å². The van der Waals surface area contributed by atoms with E-state index in [0.717, 1.165) is 18.4 Å². The molecule has 1 aromatic carbocycles. The van der Waals surface area contributed by atoms with Crippen LogP contribution in [-0.2, 0) is 19.6 Å². The Morgan fingerprint density at radius 1 is 1.22 bits per heavy atom. The van der Waals surface area contributed by atoms with Gasteiger partial charge in [0.15, 0.2) is 6.10 Å². The molecule has 1 heterocycles. The number of ether oxygens (including phenoxy) is 2. The van der Waals surface area contributed by atoms with E-state index in [2.05, 4.69) is 4.74 Å². The average Bonchev–Trinajstić information content (AvgIpc) is 3.17. The molecule has 0 fully saturated rings. The highest BCUT2D eigenvalue weighted by molar-refractivity contribution is 7.89. The van der Waals surface area contributed by atoms with Crippen molar-refractivity contribution in [3.05, 3.63) is 46.2 Å². The number of benzene rings is 1. The van der Waals surface area contributed by atoms with Crippen molar-refractivity contribution in [2.24, 2.45) is 0 Å². The summed E-state index contributed by atoms with van der Waals surface area (Å²) in [5.41, 5.74) is 2.47. The summed E-state index contributed by atoms with van der Waals surface area (Å²) < 4.78 is 34.5. The molecular formula is C16H15N3O6S2. The van der Waals surface area contributed by atoms with Gasteiger partial charge in [-0.2, -0.15) is 5.26 Å². The number of amides is 1. The number of methoxy groups -OCH3 is 1. The summed E-state index contributed by atoms with van der Waals surface area (Å²) in [7, 11) is -3.04. The lowest BCUT2D eigenvalue weighted by Crippen LogP contribution is -2.47. The van der Waals surface area contributed by atoms with E-state index in [1.807, 2.05) is 16.3 Å². The van der Waals surface area contributed by atoms with Gasteiger partial charge >= 0.3 is 5.97 Å². The number of nitrogens with one attached hydrogen (secondary N) is 2. The maximum Gasteiger partial charge on any atom is 0.349 e. The maximum absolute atomic E-state index is 12.3. The van der Waals surface area contributed by atoms with Gasteiger partial charge in [0.2, 0.25) is 0 Å². The van der Waals surface area contributed by atoms with Crippen LogP contribution in [0.5, 0.6) is 5.75 Å². The Balaban J connectivity index is 2.00. The average molecular weight is 409 g/mol. The molecule has 2 aromatic rings. The summed E-state index contributed by atoms with van der Waals surface area (Å²) in [6.45, 7) is 1.42. The topological polar surface area (TPSA) is 135 Å². The van der Waals surface area contributed by atoms with Crippen molar-refractivity contribution < 1.29 is 27.5 Å². The van der Waals surface area contributed by atoms with Gasteiger partial charge in [-0.15, -0.1) is 16.2 Å². The number of sulfonamides is 1. The van der Waals surface area contributed by atoms with Gasteiger partial charge in [0, 0.05) is 0 Å². The summed E-state index contributed by atoms with van der Waals surface area (Å²) in [5.74, 6) is -1.21. The monoisotopic (exact) mass is 409 g/mol. The maximum atomic E-state index is 12.3. The van der Waals surface area contributed by atoms with Gasteiger partial charge in [0.1, 0.15) is 15.5 Å². The van der Waals surface area contributed by atoms with Crippen LogP contribution in [0.3, 0.4) is 0 Å². The van der Waals surface area contributed by atoms with E-state index >= 15 is 0 Å². The Morgan fingerprint density at radius 3 is 2.48 bits per heavy atom. The van der Waals surface area contributed by atoms with Crippen molar-refractivity contribution in [1.29, 1.82) is 5.26 Å². The van der Waals surface area contributed by atoms with Crippen LogP contribution in [0, 0.1) is 11.3 Å². The highest BCUT2D eigenvalue weighted by Gasteiger charge is 2.26. The lowest BCUT2D eigenvalue weighted by atomic mass is 10.2. The van der Waals surface area contributed by atoms with E-state index in [-0.39, 0.29) is 9.77 Å². The molecule has 142 valence electrons. The summed E-state index contributed by atoms with van der Waals surface area (Å²) in [6.07, 6.45) is -1.02. The molecular weight excluding hydrogens is 394 g/mol. The summed E-state index contributed by atoms with van der Waals surface area (Å²) >= 11 is 0.900. The minimum absolute atomic E-state index is 0.110. The molecule has 0 unspecified atom stereocenters. The first kappa shape index (κ1) is 20.4. The predicted octanol–water partition coefficient (Wildman–Crippen LogP) is 1.18. The number of nitrogens with zero attached hydrogens (tertiary/aromatic N) is 1. The summed E-state index contributed by atoms with van der Waals surface area (Å²) in [6, 6.07) is 9.25. The van der Waals surface area contributed by atoms with Crippen molar-refractivity contribution in [3.8, 4) is 11.8 Å². The van der Waals surface area contributed by atoms with E-state index in [9.17, 15) is 18.0 Å². The number of hydrogen-bond donors (Lipinski definition) is 2. The van der Waals surface area contributed by atoms with Crippen LogP contribution in [0.15, 0.2) is 40.6 Å². The van der Waals surface area contributed by atoms with Gasteiger partial charge in [-0.25, -0.2) is 13.2 Å². The fourth-order valence-electron chi connectivity index (χ4n) is 1.89. The van der Waals surface area contributed by atoms with Gasteiger partial charge in [-0.1, -0.05) is 0 Å². The zero-order chi connectivity index (χ0) is 20.0. The molecule has 27 heavy (non-hydrogen) atoms. The number of hydrogen-bond acceptors (Lipinski definition) is 8. The molecule has 0 aliphatic rings. The SMILES string of the molecule is COC(=O)c1sccc1S(=O)(=O)NNC(=O)[C@@H](C)Oc1ccc(C#N)cc1. The summed E-state index contributed by atoms with van der Waals surface area (Å²) in [4.78, 5) is 25.2. The van der Waals surface area contributed by atoms with E-state index in [0.29, 0.717) is 11.3 Å². The van der Waals surface area contributed by atoms with Crippen LogP contribution in [0.4, 0.5) is 0 Å². The molecule has 0 bridgehead atoms. The largest absolute Gasteiger partial charge is 0.481 e. The number of hydrazine groups is 1. The van der Waals surface area contributed by atoms with Gasteiger partial charge in [0.25, 0.3) is 15.9 Å². The van der Waals surface area contributed by atoms with Crippen LogP contribution >= 0.6 is 11.3 Å². The third-order valence-corrected chi connectivity index (χ3v) is 5.58. The van der Waals surface area contributed by atoms with Crippen molar-refractivity contribution in [2.45, 2.75) is 17.9 Å². The molecule has 0 aliphatic carbocycles. The molecule has 0 aliphatic heterocycles. The number of carbonyl (C=O) groups is 2. The second-order valence-electron chi connectivity index (χ2n) is 5.10. The standard InChI is InChI=1S/C16H15N3O6S2/c1-10(25-12-5-3-11(9-17)4-6-12)15(20)18-19-27(22,23)13-7-8-26-14(13)16(21)24-2/h3-8,10,19H,1-2H3,(H,18,20)/t10-/m1/s1. The molecule has 1 amide bonds. The minimum atomic E-state index is -4.18. The number of rotatable bonds is 7. The molecule has 11 heteroatoms. The number of thiophene rings is 1. The Labute approximate surface area is 159 Å². The Hall–Kier alpha value is -2.94. The third-order valence-electron chi connectivity index (χ3n) is 3.26. The number of nitriles is 1. The second-order valence-corrected chi connectivity index (χ2v) is 7.66. The van der Waals surface area contributed by atoms with Crippen LogP contribution in [-0.4, -0.2) is 33.5 Å². The first-order valence-electron chi connectivity index (χ1n) is 7.42. The Morgan fingerprint density at radius 2 is 1.89 bits per heavy atom. The molecule has 0 saturated heterocycles. The normalized spacial score (nSPS) is 11.9. The van der Waals surface area contributed by atoms with Crippen LogP contribution in [0.25, 0.3) is 0 Å². The first-order chi connectivity index (χ1) is 12.8. The molecule has 0 saturated carbocycles. The van der Waals surface area contributed by atoms with E-state index in [1.54, 1.807) is 0 Å². The summed E-state index contributed by atoms with van der Waals surface area (Å²) in [5, 5.41) is 10.2. The molecule has 0 spiro atoms. The van der Waals surface area contributed by atoms with Crippen LogP contribution in [0.2, 0.25) is 0 Å². The van der Waals surface area contributed by atoms with E-state index in [1.165, 1.54) is 42.6 Å². The molecule has 1 atom stereocenters. The zero-order valence-electron chi connectivity index (χ0n) is 14.3. The highest BCUT2D eigenvalue weighted by atomic mass is 32.2. The number of carbonyl (C=O) groups excluding carboxylic acids is 2. The van der Waals surface area contributed by atoms with Crippen molar-refractivity contribution in [3.63, 3.8) is 0 Å². The van der Waals surface area contributed by atoms with E-state index in [4.69, 9.17) is 10.00 Å². The molecule has 0 radical (unpaired) electrons. The Bertz CT molecular complexity index is 976.